The maximum atomic E-state index is 12.2. The molecule has 484 valence electrons. The van der Waals surface area contributed by atoms with Gasteiger partial charge in [-0.3, -0.25) is 4.79 Å². The van der Waals surface area contributed by atoms with Crippen molar-refractivity contribution in [2.75, 3.05) is 0 Å². The van der Waals surface area contributed by atoms with E-state index in [1.54, 1.807) is 0 Å². The highest BCUT2D eigenvalue weighted by atomic mass is 28.4. The number of carbonyl (C=O) groups is 1. The maximum Gasteiger partial charge on any atom is 0.303 e. The van der Waals surface area contributed by atoms with Crippen LogP contribution in [0.2, 0.25) is 36.3 Å². The Labute approximate surface area is 523 Å². The quantitative estimate of drug-likeness (QED) is 0.0993. The number of hydrogen-bond acceptors (Lipinski definition) is 7. The molecule has 12 aliphatic rings. The van der Waals surface area contributed by atoms with Crippen molar-refractivity contribution in [2.24, 2.45) is 113 Å². The van der Waals surface area contributed by atoms with Crippen molar-refractivity contribution < 1.29 is 33.0 Å². The molecule has 12 fully saturated rings. The zero-order chi connectivity index (χ0) is 62.2. The summed E-state index contributed by atoms with van der Waals surface area (Å²) in [7, 11) is -3.86. The van der Waals surface area contributed by atoms with Gasteiger partial charge in [-0.1, -0.05) is 138 Å². The lowest BCUT2D eigenvalue weighted by molar-refractivity contribution is -0.181. The van der Waals surface area contributed by atoms with Crippen molar-refractivity contribution in [1.29, 1.82) is 0 Å². The molecule has 0 aromatic carbocycles. The molecular weight excluding hydrogens is 1080 g/mol. The summed E-state index contributed by atoms with van der Waals surface area (Å²) in [5.41, 5.74) is 5.25. The molecule has 0 aromatic heterocycles. The van der Waals surface area contributed by atoms with Crippen molar-refractivity contribution in [3.8, 4) is 0 Å². The number of hydrogen-bond donors (Lipinski definition) is 1. The van der Waals surface area contributed by atoms with Crippen LogP contribution in [-0.2, 0) is 27.9 Å². The summed E-state index contributed by atoms with van der Waals surface area (Å²) in [5, 5.41) is 11.2. The van der Waals surface area contributed by atoms with Gasteiger partial charge >= 0.3 is 5.97 Å². The Bertz CT molecular complexity index is 2540. The van der Waals surface area contributed by atoms with Crippen LogP contribution in [0.4, 0.5) is 0 Å². The number of aliphatic hydroxyl groups is 1. The first-order chi connectivity index (χ1) is 39.7. The van der Waals surface area contributed by atoms with E-state index in [1.807, 2.05) is 13.8 Å². The number of ether oxygens (including phenoxy) is 3. The predicted octanol–water partition coefficient (Wildman–Crippen LogP) is 19.4. The van der Waals surface area contributed by atoms with Crippen LogP contribution in [0.25, 0.3) is 0 Å². The van der Waals surface area contributed by atoms with Crippen LogP contribution >= 0.6 is 0 Å². The van der Waals surface area contributed by atoms with Gasteiger partial charge in [0.15, 0.2) is 16.6 Å². The lowest BCUT2D eigenvalue weighted by Gasteiger charge is -2.64. The third kappa shape index (κ3) is 8.69. The van der Waals surface area contributed by atoms with E-state index in [9.17, 15) is 9.90 Å². The fourth-order valence-corrected chi connectivity index (χ4v) is 33.1. The van der Waals surface area contributed by atoms with Gasteiger partial charge in [0.05, 0.1) is 36.6 Å². The Morgan fingerprint density at radius 2 is 0.871 bits per heavy atom. The topological polar surface area (TPSA) is 83.5 Å². The molecule has 2 heterocycles. The minimum absolute atomic E-state index is 0.0399. The largest absolute Gasteiger partial charge is 0.455 e. The average molecular weight is 1210 g/mol. The summed E-state index contributed by atoms with van der Waals surface area (Å²) in [6, 6.07) is 7.03. The number of fused-ring (bicyclic) bond motifs is 8. The highest BCUT2D eigenvalue weighted by Gasteiger charge is 2.87. The van der Waals surface area contributed by atoms with Gasteiger partial charge in [-0.05, 0) is 266 Å². The standard InChI is InChI=1S/C39H66O4Si.C37H64O3Si/c1-13-44(14-2,15-3)43-34-33-31(25(6)22-28(42-33)32(24(4)5)41-27(8)40)36(11)20-21-39-23-38(39)19-18-26(7)35(9,10)29(38)16-17-30(39)37(34,36)12;1-12-41(13-2,14-3)40-32-31-29(24(6)21-26(39-31)30(38)23(4)5)34(10)19-20-37-22-36(37)18-17-25(7)33(8,9)27(36)15-16-28(37)35(32,34)11/h25-26,28-34H,4,13-23H2,1-3,5-12H3;24-32,38H,4,12-22H2,1-3,5-11H3/t25-,26+,28-,29+,30+,31+,32-,33+,34+,36-,37-,38?,39+;24-,25+,26-,27+,28+,29+,30-,31+,32+,34-,35-,36?,37+/m11/s1. The van der Waals surface area contributed by atoms with E-state index in [0.717, 1.165) is 71.7 Å². The molecule has 2 saturated heterocycles. The van der Waals surface area contributed by atoms with Gasteiger partial charge in [-0.15, -0.1) is 0 Å². The molecule has 2 unspecified atom stereocenters. The van der Waals surface area contributed by atoms with Gasteiger partial charge < -0.3 is 28.2 Å². The first-order valence-electron chi connectivity index (χ1n) is 36.5. The van der Waals surface area contributed by atoms with Crippen LogP contribution in [0.15, 0.2) is 24.3 Å². The molecule has 10 saturated carbocycles. The molecule has 12 rings (SSSR count). The van der Waals surface area contributed by atoms with Crippen LogP contribution in [0.1, 0.15) is 248 Å². The minimum atomic E-state index is -1.95. The molecule has 7 nitrogen and oxygen atoms in total. The first kappa shape index (κ1) is 65.7. The van der Waals surface area contributed by atoms with E-state index >= 15 is 0 Å². The van der Waals surface area contributed by atoms with E-state index in [4.69, 9.17) is 23.1 Å². The zero-order valence-electron chi connectivity index (χ0n) is 58.8. The predicted molar refractivity (Wildman–Crippen MR) is 354 cm³/mol. The second-order valence-electron chi connectivity index (χ2n) is 35.8. The fourth-order valence-electron chi connectivity index (χ4n) is 27.3. The zero-order valence-corrected chi connectivity index (χ0v) is 60.8. The molecule has 2 aliphatic heterocycles. The van der Waals surface area contributed by atoms with Gasteiger partial charge in [0.25, 0.3) is 0 Å². The highest BCUT2D eigenvalue weighted by Crippen LogP contribution is 2.92. The second kappa shape index (κ2) is 21.6. The van der Waals surface area contributed by atoms with Crippen LogP contribution in [-0.4, -0.2) is 76.5 Å². The molecule has 9 heteroatoms. The molecule has 0 aromatic rings. The first-order valence-corrected chi connectivity index (χ1v) is 41.6. The Kier molecular flexibility index (Phi) is 16.7. The number of rotatable bonds is 15. The van der Waals surface area contributed by atoms with E-state index in [0.29, 0.717) is 62.1 Å². The van der Waals surface area contributed by atoms with Crippen molar-refractivity contribution in [1.82, 2.24) is 0 Å². The summed E-state index contributed by atoms with van der Waals surface area (Å²) in [4.78, 5) is 12.2. The van der Waals surface area contributed by atoms with E-state index in [-0.39, 0.29) is 64.3 Å². The van der Waals surface area contributed by atoms with Crippen molar-refractivity contribution in [3.63, 3.8) is 0 Å². The lowest BCUT2D eigenvalue weighted by atomic mass is 9.41. The van der Waals surface area contributed by atoms with Crippen LogP contribution in [0.3, 0.4) is 0 Å². The Morgan fingerprint density at radius 3 is 1.22 bits per heavy atom. The third-order valence-electron chi connectivity index (χ3n) is 33.3. The van der Waals surface area contributed by atoms with Gasteiger partial charge in [-0.2, -0.15) is 0 Å². The monoisotopic (exact) mass is 1210 g/mol. The number of aliphatic hydroxyl groups excluding tert-OH is 1. The molecule has 26 atom stereocenters. The summed E-state index contributed by atoms with van der Waals surface area (Å²) >= 11 is 0. The summed E-state index contributed by atoms with van der Waals surface area (Å²) in [6.07, 6.45) is 20.5. The minimum Gasteiger partial charge on any atom is -0.455 e. The normalized spacial score (nSPS) is 50.8. The van der Waals surface area contributed by atoms with Gasteiger partial charge in [0.2, 0.25) is 0 Å². The SMILES string of the molecule is C=C(C)[C@@H](O)[C@H]1C[C@@H](C)[C@H]2[C@H](O1)[C@H](O[Si](CC)(CC)CC)[C@@]1(C)[C@@H]3CC[C@H]4C(C)(C)[C@@H](C)CCC45C[C@@]35CC[C@]21C.C=C(C)[C@@H](OC(C)=O)[C@H]1C[C@@H](C)[C@H]2[C@H](O1)[C@H](O[Si](CC)(CC)CC)[C@@]1(C)[C@@H]3CC[C@H]4C(C)(C)[C@@H](C)CCC45C[C@@]35CC[C@]21C. The molecule has 0 amide bonds. The van der Waals surface area contributed by atoms with Gasteiger partial charge in [0, 0.05) is 17.8 Å². The molecule has 10 aliphatic carbocycles. The summed E-state index contributed by atoms with van der Waals surface area (Å²) in [5.74, 6) is 6.51. The molecule has 0 bridgehead atoms. The van der Waals surface area contributed by atoms with Crippen LogP contribution in [0, 0.1) is 113 Å². The van der Waals surface area contributed by atoms with E-state index in [1.165, 1.54) is 115 Å². The molecule has 4 spiro atoms. The molecular formula is C76H130O7Si2. The maximum absolute atomic E-state index is 12.2. The Morgan fingerprint density at radius 1 is 0.518 bits per heavy atom. The van der Waals surface area contributed by atoms with Crippen molar-refractivity contribution in [3.05, 3.63) is 24.3 Å². The highest BCUT2D eigenvalue weighted by molar-refractivity contribution is 6.74. The lowest BCUT2D eigenvalue weighted by Crippen LogP contribution is -2.60. The average Bonchev–Trinajstić information content (AvgIpc) is 1.49. The summed E-state index contributed by atoms with van der Waals surface area (Å²) < 4.78 is 36.1. The van der Waals surface area contributed by atoms with Gasteiger partial charge in [-0.25, -0.2) is 0 Å². The van der Waals surface area contributed by atoms with Crippen LogP contribution in [0.5, 0.6) is 0 Å². The smallest absolute Gasteiger partial charge is 0.303 e. The second-order valence-corrected chi connectivity index (χ2v) is 45.2. The number of carbonyl (C=O) groups excluding carboxylic acids is 1. The van der Waals surface area contributed by atoms with Crippen molar-refractivity contribution >= 4 is 22.6 Å². The molecule has 0 radical (unpaired) electrons. The fraction of sp³-hybridized carbons (Fsp3) is 0.934. The Balaban J connectivity index is 0.000000177. The van der Waals surface area contributed by atoms with Crippen LogP contribution < -0.4 is 0 Å². The van der Waals surface area contributed by atoms with Gasteiger partial charge in [0.1, 0.15) is 12.2 Å². The summed E-state index contributed by atoms with van der Waals surface area (Å²) in [6.45, 7) is 59.4. The molecule has 85 heavy (non-hydrogen) atoms. The number of esters is 1. The van der Waals surface area contributed by atoms with E-state index in [2.05, 4.69) is 138 Å². The third-order valence-corrected chi connectivity index (χ3v) is 42.5. The van der Waals surface area contributed by atoms with Crippen molar-refractivity contribution in [2.45, 2.75) is 333 Å². The Hall–Kier alpha value is -0.816. The molecule has 1 N–H and O–H groups in total. The van der Waals surface area contributed by atoms with E-state index < -0.39 is 28.8 Å².